The molecule has 2 N–H and O–H groups in total. The van der Waals surface area contributed by atoms with E-state index in [1.54, 1.807) is 11.3 Å². The molecule has 1 heterocycles. The molecule has 3 nitrogen and oxygen atoms in total. The maximum absolute atomic E-state index is 12.5. The lowest BCUT2D eigenvalue weighted by atomic mass is 10.0. The Morgan fingerprint density at radius 2 is 1.85 bits per heavy atom. The van der Waals surface area contributed by atoms with Crippen molar-refractivity contribution >= 4 is 22.9 Å². The molecule has 3 rings (SSSR count). The van der Waals surface area contributed by atoms with Gasteiger partial charge in [-0.15, -0.1) is 11.3 Å². The van der Waals surface area contributed by atoms with E-state index in [1.165, 1.54) is 16.0 Å². The minimum atomic E-state index is -0.0320. The molecule has 4 heteroatoms. The van der Waals surface area contributed by atoms with Crippen molar-refractivity contribution in [2.75, 3.05) is 11.9 Å². The molecule has 1 atom stereocenters. The molecule has 1 amide bonds. The average molecular weight is 379 g/mol. The van der Waals surface area contributed by atoms with Crippen LogP contribution in [0.2, 0.25) is 0 Å². The van der Waals surface area contributed by atoms with Gasteiger partial charge in [0.25, 0.3) is 0 Å². The smallest absolute Gasteiger partial charge is 0.238 e. The number of hydrogen-bond donors (Lipinski definition) is 2. The molecule has 3 aromatic rings. The van der Waals surface area contributed by atoms with Crippen molar-refractivity contribution in [1.82, 2.24) is 5.32 Å². The van der Waals surface area contributed by atoms with Gasteiger partial charge in [0, 0.05) is 10.6 Å². The lowest BCUT2D eigenvalue weighted by molar-refractivity contribution is -0.115. The second-order valence-electron chi connectivity index (χ2n) is 6.79. The van der Waals surface area contributed by atoms with Crippen molar-refractivity contribution in [1.29, 1.82) is 0 Å². The summed E-state index contributed by atoms with van der Waals surface area (Å²) in [5.74, 6) is -0.0320. The fourth-order valence-electron chi connectivity index (χ4n) is 3.04. The number of carbonyl (C=O) groups is 1. The van der Waals surface area contributed by atoms with Crippen LogP contribution in [0.4, 0.5) is 5.69 Å². The van der Waals surface area contributed by atoms with E-state index in [4.69, 9.17) is 0 Å². The Labute approximate surface area is 165 Å². The van der Waals surface area contributed by atoms with Crippen LogP contribution in [0, 0.1) is 13.8 Å². The van der Waals surface area contributed by atoms with Crippen LogP contribution in [0.1, 0.15) is 40.1 Å². The van der Waals surface area contributed by atoms with Crippen molar-refractivity contribution in [2.45, 2.75) is 33.2 Å². The third-order valence-corrected chi connectivity index (χ3v) is 5.62. The number of thiophene rings is 1. The third kappa shape index (κ3) is 5.06. The fraction of sp³-hybridized carbons (Fsp3) is 0.261. The van der Waals surface area contributed by atoms with Crippen molar-refractivity contribution < 1.29 is 4.79 Å². The summed E-state index contributed by atoms with van der Waals surface area (Å²) >= 11 is 1.70. The van der Waals surface area contributed by atoms with Gasteiger partial charge in [0.05, 0.1) is 12.6 Å². The molecule has 0 unspecified atom stereocenters. The summed E-state index contributed by atoms with van der Waals surface area (Å²) < 4.78 is 0. The minimum Gasteiger partial charge on any atom is -0.325 e. The number of aryl methyl sites for hydroxylation is 3. The van der Waals surface area contributed by atoms with Gasteiger partial charge in [0.15, 0.2) is 0 Å². The summed E-state index contributed by atoms with van der Waals surface area (Å²) in [4.78, 5) is 13.7. The van der Waals surface area contributed by atoms with Crippen LogP contribution in [0.5, 0.6) is 0 Å². The van der Waals surface area contributed by atoms with E-state index in [0.717, 1.165) is 23.2 Å². The minimum absolute atomic E-state index is 0.0141. The van der Waals surface area contributed by atoms with E-state index in [9.17, 15) is 4.79 Å². The van der Waals surface area contributed by atoms with Crippen LogP contribution in [-0.4, -0.2) is 12.5 Å². The zero-order valence-corrected chi connectivity index (χ0v) is 16.9. The molecule has 27 heavy (non-hydrogen) atoms. The zero-order valence-electron chi connectivity index (χ0n) is 16.1. The summed E-state index contributed by atoms with van der Waals surface area (Å²) in [6, 6.07) is 18.9. The van der Waals surface area contributed by atoms with E-state index in [2.05, 4.69) is 59.3 Å². The first-order chi connectivity index (χ1) is 13.1. The Bertz CT molecular complexity index is 885. The van der Waals surface area contributed by atoms with Crippen LogP contribution in [0.25, 0.3) is 0 Å². The van der Waals surface area contributed by atoms with E-state index in [0.29, 0.717) is 0 Å². The van der Waals surface area contributed by atoms with Gasteiger partial charge in [0.1, 0.15) is 0 Å². The molecular formula is C23H26N2OS. The van der Waals surface area contributed by atoms with E-state index < -0.39 is 0 Å². The Morgan fingerprint density at radius 3 is 2.52 bits per heavy atom. The number of anilines is 1. The molecule has 0 saturated carbocycles. The lowest BCUT2D eigenvalue weighted by Gasteiger charge is -2.19. The number of nitrogens with one attached hydrogen (secondary N) is 2. The van der Waals surface area contributed by atoms with Crippen LogP contribution in [0.3, 0.4) is 0 Å². The van der Waals surface area contributed by atoms with Gasteiger partial charge in [-0.1, -0.05) is 49.4 Å². The summed E-state index contributed by atoms with van der Waals surface area (Å²) in [6.45, 7) is 6.44. The number of carbonyl (C=O) groups excluding carboxylic acids is 1. The normalized spacial score (nSPS) is 12.0. The first-order valence-electron chi connectivity index (χ1n) is 9.29. The number of amides is 1. The molecule has 0 aliphatic heterocycles. The standard InChI is InChI=1S/C23H26N2OS/c1-4-18-9-11-19(12-10-18)23(21-6-5-13-27-21)24-15-22(26)25-20-14-16(2)7-8-17(20)3/h5-14,23-24H,4,15H2,1-3H3,(H,25,26)/t23-/m1/s1. The van der Waals surface area contributed by atoms with Crippen LogP contribution in [-0.2, 0) is 11.2 Å². The summed E-state index contributed by atoms with van der Waals surface area (Å²) in [7, 11) is 0. The lowest BCUT2D eigenvalue weighted by Crippen LogP contribution is -2.31. The monoisotopic (exact) mass is 378 g/mol. The molecule has 0 spiro atoms. The highest BCUT2D eigenvalue weighted by molar-refractivity contribution is 7.10. The summed E-state index contributed by atoms with van der Waals surface area (Å²) in [6.07, 6.45) is 1.02. The second-order valence-corrected chi connectivity index (χ2v) is 7.77. The van der Waals surface area contributed by atoms with E-state index >= 15 is 0 Å². The first kappa shape index (κ1) is 19.3. The number of benzene rings is 2. The van der Waals surface area contributed by atoms with Crippen molar-refractivity contribution in [2.24, 2.45) is 0 Å². The summed E-state index contributed by atoms with van der Waals surface area (Å²) in [5, 5.41) is 8.52. The highest BCUT2D eigenvalue weighted by Crippen LogP contribution is 2.26. The van der Waals surface area contributed by atoms with Gasteiger partial charge in [-0.3, -0.25) is 10.1 Å². The molecule has 0 fully saturated rings. The fourth-order valence-corrected chi connectivity index (χ4v) is 3.87. The number of hydrogen-bond acceptors (Lipinski definition) is 3. The van der Waals surface area contributed by atoms with E-state index in [1.807, 2.05) is 32.0 Å². The zero-order chi connectivity index (χ0) is 19.2. The van der Waals surface area contributed by atoms with Crippen molar-refractivity contribution in [3.63, 3.8) is 0 Å². The Balaban J connectivity index is 1.71. The molecule has 2 aromatic carbocycles. The predicted octanol–water partition coefficient (Wildman–Crippen LogP) is 5.25. The quantitative estimate of drug-likeness (QED) is 0.590. The highest BCUT2D eigenvalue weighted by Gasteiger charge is 2.16. The third-order valence-electron chi connectivity index (χ3n) is 4.68. The van der Waals surface area contributed by atoms with Gasteiger partial charge in [-0.2, -0.15) is 0 Å². The molecule has 0 aliphatic carbocycles. The first-order valence-corrected chi connectivity index (χ1v) is 10.2. The van der Waals surface area contributed by atoms with Crippen molar-refractivity contribution in [3.8, 4) is 0 Å². The van der Waals surface area contributed by atoms with Crippen molar-refractivity contribution in [3.05, 3.63) is 87.1 Å². The van der Waals surface area contributed by atoms with Gasteiger partial charge in [0.2, 0.25) is 5.91 Å². The van der Waals surface area contributed by atoms with Gasteiger partial charge >= 0.3 is 0 Å². The molecular weight excluding hydrogens is 352 g/mol. The molecule has 0 aliphatic rings. The molecule has 1 aromatic heterocycles. The predicted molar refractivity (Wildman–Crippen MR) is 115 cm³/mol. The Kier molecular flexibility index (Phi) is 6.43. The molecule has 0 saturated heterocycles. The van der Waals surface area contributed by atoms with E-state index in [-0.39, 0.29) is 18.5 Å². The molecule has 0 radical (unpaired) electrons. The van der Waals surface area contributed by atoms with Gasteiger partial charge < -0.3 is 5.32 Å². The second kappa shape index (κ2) is 8.98. The largest absolute Gasteiger partial charge is 0.325 e. The van der Waals surface area contributed by atoms with Crippen LogP contribution < -0.4 is 10.6 Å². The highest BCUT2D eigenvalue weighted by atomic mass is 32.1. The molecule has 140 valence electrons. The number of rotatable bonds is 7. The maximum atomic E-state index is 12.5. The van der Waals surface area contributed by atoms with Crippen LogP contribution in [0.15, 0.2) is 60.0 Å². The average Bonchev–Trinajstić information content (AvgIpc) is 3.20. The van der Waals surface area contributed by atoms with Gasteiger partial charge in [-0.25, -0.2) is 0 Å². The Morgan fingerprint density at radius 1 is 1.07 bits per heavy atom. The van der Waals surface area contributed by atoms with Crippen LogP contribution >= 0.6 is 11.3 Å². The topological polar surface area (TPSA) is 41.1 Å². The SMILES string of the molecule is CCc1ccc([C@@H](NCC(=O)Nc2cc(C)ccc2C)c2cccs2)cc1. The molecule has 0 bridgehead atoms. The Hall–Kier alpha value is -2.43. The summed E-state index contributed by atoms with van der Waals surface area (Å²) in [5.41, 5.74) is 5.57. The van der Waals surface area contributed by atoms with Gasteiger partial charge in [-0.05, 0) is 60.0 Å². The maximum Gasteiger partial charge on any atom is 0.238 e.